The maximum atomic E-state index is 14.7. The highest BCUT2D eigenvalue weighted by atomic mass is 19.2. The first kappa shape index (κ1) is 23.4. The molecule has 0 aliphatic rings. The molecule has 1 nitrogen and oxygen atoms in total. The quantitative estimate of drug-likeness (QED) is 0.321. The summed E-state index contributed by atoms with van der Waals surface area (Å²) in [5.41, 5.74) is -5.80. The third-order valence-corrected chi connectivity index (χ3v) is 4.52. The van der Waals surface area contributed by atoms with Crippen LogP contribution in [0.4, 0.5) is 48.3 Å². The van der Waals surface area contributed by atoms with Crippen LogP contribution in [0.3, 0.4) is 0 Å². The molecular formula is C19H6BF11O. The molecule has 168 valence electrons. The lowest BCUT2D eigenvalue weighted by Crippen LogP contribution is -2.59. The van der Waals surface area contributed by atoms with E-state index >= 15 is 0 Å². The minimum Gasteiger partial charge on any atom is -0.494 e. The molecule has 0 heterocycles. The van der Waals surface area contributed by atoms with Crippen molar-refractivity contribution < 1.29 is 53.0 Å². The van der Waals surface area contributed by atoms with E-state index in [1.54, 1.807) is 0 Å². The smallest absolute Gasteiger partial charge is 0.266 e. The van der Waals surface area contributed by atoms with E-state index in [1.807, 2.05) is 0 Å². The van der Waals surface area contributed by atoms with E-state index in [0.717, 1.165) is 0 Å². The van der Waals surface area contributed by atoms with Gasteiger partial charge in [0.2, 0.25) is 0 Å². The molecule has 0 N–H and O–H groups in total. The summed E-state index contributed by atoms with van der Waals surface area (Å²) < 4.78 is 161. The molecule has 0 aliphatic heterocycles. The van der Waals surface area contributed by atoms with Crippen molar-refractivity contribution >= 4 is 23.1 Å². The molecule has 0 atom stereocenters. The Balaban J connectivity index is 2.64. The van der Waals surface area contributed by atoms with Gasteiger partial charge in [0.15, 0.2) is 69.7 Å². The molecule has 0 amide bonds. The lowest BCUT2D eigenvalue weighted by molar-refractivity contribution is 0.381. The fourth-order valence-electron chi connectivity index (χ4n) is 3.19. The van der Waals surface area contributed by atoms with Gasteiger partial charge in [-0.3, -0.25) is 0 Å². The molecule has 3 aromatic rings. The van der Waals surface area contributed by atoms with E-state index in [9.17, 15) is 48.3 Å². The topological polar surface area (TPSA) is 9.23 Å². The van der Waals surface area contributed by atoms with Crippen LogP contribution in [0.2, 0.25) is 0 Å². The summed E-state index contributed by atoms with van der Waals surface area (Å²) in [7, 11) is 0.619. The molecule has 0 saturated heterocycles. The molecule has 32 heavy (non-hydrogen) atoms. The van der Waals surface area contributed by atoms with Crippen LogP contribution in [0.25, 0.3) is 0 Å². The van der Waals surface area contributed by atoms with Gasteiger partial charge in [-0.05, 0) is 0 Å². The first-order valence-electron chi connectivity index (χ1n) is 8.29. The average molecular weight is 470 g/mol. The summed E-state index contributed by atoms with van der Waals surface area (Å²) in [6.45, 7) is -3.19. The van der Waals surface area contributed by atoms with E-state index in [4.69, 9.17) is 0 Å². The van der Waals surface area contributed by atoms with Crippen molar-refractivity contribution in [1.29, 1.82) is 0 Å². The van der Waals surface area contributed by atoms with E-state index in [-0.39, 0.29) is 18.2 Å². The number of hydrogen-bond acceptors (Lipinski definition) is 1. The second-order valence-corrected chi connectivity index (χ2v) is 6.30. The summed E-state index contributed by atoms with van der Waals surface area (Å²) in [4.78, 5) is 0. The minimum absolute atomic E-state index is 0.119. The zero-order valence-corrected chi connectivity index (χ0v) is 15.4. The van der Waals surface area contributed by atoms with Crippen LogP contribution in [0.1, 0.15) is 0 Å². The molecule has 0 spiro atoms. The van der Waals surface area contributed by atoms with Gasteiger partial charge >= 0.3 is 0 Å². The van der Waals surface area contributed by atoms with Gasteiger partial charge < -0.3 is 4.74 Å². The van der Waals surface area contributed by atoms with Gasteiger partial charge in [0.05, 0.1) is 7.11 Å². The summed E-state index contributed by atoms with van der Waals surface area (Å²) in [6.07, 6.45) is 0. The first-order chi connectivity index (χ1) is 14.9. The molecule has 0 saturated carbocycles. The monoisotopic (exact) mass is 470 g/mol. The summed E-state index contributed by atoms with van der Waals surface area (Å²) >= 11 is 0. The first-order valence-corrected chi connectivity index (χ1v) is 8.29. The van der Waals surface area contributed by atoms with Crippen LogP contribution in [-0.4, -0.2) is 13.8 Å². The van der Waals surface area contributed by atoms with Gasteiger partial charge in [-0.1, -0.05) is 0 Å². The van der Waals surface area contributed by atoms with Gasteiger partial charge in [-0.15, -0.1) is 0 Å². The fourth-order valence-corrected chi connectivity index (χ4v) is 3.19. The third-order valence-electron chi connectivity index (χ3n) is 4.52. The van der Waals surface area contributed by atoms with Crippen LogP contribution in [0, 0.1) is 64.0 Å². The molecular weight excluding hydrogens is 464 g/mol. The maximum absolute atomic E-state index is 14.7. The van der Waals surface area contributed by atoms with Crippen LogP contribution < -0.4 is 21.1 Å². The Kier molecular flexibility index (Phi) is 6.12. The Labute approximate surface area is 172 Å². The molecule has 13 heteroatoms. The summed E-state index contributed by atoms with van der Waals surface area (Å²) in [5.74, 6) is -25.7. The molecule has 0 aromatic heterocycles. The van der Waals surface area contributed by atoms with Crippen molar-refractivity contribution in [2.75, 3.05) is 7.11 Å². The van der Waals surface area contributed by atoms with E-state index in [0.29, 0.717) is 7.11 Å². The Morgan fingerprint density at radius 3 is 1.06 bits per heavy atom. The average Bonchev–Trinajstić information content (AvgIpc) is 2.72. The zero-order chi connectivity index (χ0) is 24.1. The van der Waals surface area contributed by atoms with Gasteiger partial charge in [0, 0.05) is 34.6 Å². The molecule has 0 bridgehead atoms. The van der Waals surface area contributed by atoms with Crippen molar-refractivity contribution in [3.05, 3.63) is 82.2 Å². The SMILES string of the molecule is COc1c(F)cc(F)c(F)c1B(c1c(F)c(F)cc(F)c1F)c1c(F)c(F)cc(F)c1F. The maximum Gasteiger partial charge on any atom is 0.266 e. The van der Waals surface area contributed by atoms with Crippen molar-refractivity contribution in [1.82, 2.24) is 0 Å². The van der Waals surface area contributed by atoms with Crippen LogP contribution >= 0.6 is 0 Å². The summed E-state index contributed by atoms with van der Waals surface area (Å²) in [5, 5.41) is 0. The third kappa shape index (κ3) is 3.54. The Bertz CT molecular complexity index is 1130. The van der Waals surface area contributed by atoms with Gasteiger partial charge in [0.25, 0.3) is 6.71 Å². The second-order valence-electron chi connectivity index (χ2n) is 6.30. The number of halogens is 11. The molecule has 3 rings (SSSR count). The zero-order valence-electron chi connectivity index (χ0n) is 15.4. The number of benzene rings is 3. The number of hydrogen-bond donors (Lipinski definition) is 0. The van der Waals surface area contributed by atoms with Crippen molar-refractivity contribution in [2.45, 2.75) is 0 Å². The van der Waals surface area contributed by atoms with Crippen molar-refractivity contribution in [3.63, 3.8) is 0 Å². The molecule has 0 unspecified atom stereocenters. The molecule has 0 fully saturated rings. The predicted molar refractivity (Wildman–Crippen MR) is 90.1 cm³/mol. The fraction of sp³-hybridized carbons (Fsp3) is 0.0526. The number of rotatable bonds is 4. The highest BCUT2D eigenvalue weighted by Crippen LogP contribution is 2.23. The normalized spacial score (nSPS) is 11.1. The largest absolute Gasteiger partial charge is 0.494 e. The summed E-state index contributed by atoms with van der Waals surface area (Å²) in [6, 6.07) is -0.778. The molecule has 0 radical (unpaired) electrons. The standard InChI is InChI=1S/C19H6BF11O/c1-32-19-10(26)4-9(25)18(31)13(19)20(11-14(27)5(21)2-6(22)15(11)28)12-16(29)7(23)3-8(24)17(12)30/h2-4H,1H3. The highest BCUT2D eigenvalue weighted by molar-refractivity contribution is 6.96. The highest BCUT2D eigenvalue weighted by Gasteiger charge is 2.42. The van der Waals surface area contributed by atoms with Crippen LogP contribution in [0.5, 0.6) is 5.75 Å². The number of methoxy groups -OCH3 is 1. The lowest BCUT2D eigenvalue weighted by Gasteiger charge is -2.22. The Hall–Kier alpha value is -3.25. The van der Waals surface area contributed by atoms with E-state index in [2.05, 4.69) is 4.74 Å². The van der Waals surface area contributed by atoms with Crippen LogP contribution in [0.15, 0.2) is 18.2 Å². The molecule has 3 aromatic carbocycles. The Morgan fingerprint density at radius 1 is 0.469 bits per heavy atom. The lowest BCUT2D eigenvalue weighted by atomic mass is 9.35. The van der Waals surface area contributed by atoms with Crippen molar-refractivity contribution in [3.8, 4) is 5.75 Å². The second kappa shape index (κ2) is 8.36. The predicted octanol–water partition coefficient (Wildman–Crippen LogP) is 3.74. The van der Waals surface area contributed by atoms with Gasteiger partial charge in [-0.25, -0.2) is 48.3 Å². The van der Waals surface area contributed by atoms with E-state index < -0.39 is 92.8 Å². The van der Waals surface area contributed by atoms with Gasteiger partial charge in [0.1, 0.15) is 0 Å². The van der Waals surface area contributed by atoms with Crippen molar-refractivity contribution in [2.24, 2.45) is 0 Å². The van der Waals surface area contributed by atoms with Gasteiger partial charge in [-0.2, -0.15) is 0 Å². The minimum atomic E-state index is -3.19. The number of ether oxygens (including phenoxy) is 1. The Morgan fingerprint density at radius 2 is 0.750 bits per heavy atom. The van der Waals surface area contributed by atoms with E-state index in [1.165, 1.54) is 0 Å². The molecule has 0 aliphatic carbocycles. The van der Waals surface area contributed by atoms with Crippen LogP contribution in [-0.2, 0) is 0 Å².